The number of amides is 2. The average molecular weight is 286 g/mol. The quantitative estimate of drug-likeness (QED) is 0.799. The molecule has 2 aliphatic rings. The van der Waals surface area contributed by atoms with E-state index in [1.165, 1.54) is 4.90 Å². The number of rotatable bonds is 3. The maximum Gasteiger partial charge on any atom is 0.236 e. The molecular weight excluding hydrogens is 264 g/mol. The van der Waals surface area contributed by atoms with Crippen LogP contribution in [0, 0.1) is 5.41 Å². The highest BCUT2D eigenvalue weighted by Gasteiger charge is 2.52. The van der Waals surface area contributed by atoms with Crippen molar-refractivity contribution in [1.29, 1.82) is 0 Å². The molecule has 0 radical (unpaired) electrons. The van der Waals surface area contributed by atoms with Crippen LogP contribution in [-0.2, 0) is 16.1 Å². The van der Waals surface area contributed by atoms with Crippen LogP contribution in [0.5, 0.6) is 0 Å². The Hall–Kier alpha value is -1.68. The van der Waals surface area contributed by atoms with Gasteiger partial charge in [0.25, 0.3) is 0 Å². The number of likely N-dealkylation sites (tertiary alicyclic amines) is 2. The molecule has 0 aromatic heterocycles. The molecule has 0 bridgehead atoms. The van der Waals surface area contributed by atoms with E-state index in [2.05, 4.69) is 11.8 Å². The zero-order valence-electron chi connectivity index (χ0n) is 12.5. The summed E-state index contributed by atoms with van der Waals surface area (Å²) in [5.41, 5.74) is 0.597. The van der Waals surface area contributed by atoms with E-state index >= 15 is 0 Å². The number of benzene rings is 1. The predicted octanol–water partition coefficient (Wildman–Crippen LogP) is 2.05. The number of nitrogens with zero attached hydrogens (tertiary/aromatic N) is 2. The van der Waals surface area contributed by atoms with Gasteiger partial charge in [0.15, 0.2) is 0 Å². The highest BCUT2D eigenvalue weighted by Crippen LogP contribution is 2.42. The maximum atomic E-state index is 12.8. The monoisotopic (exact) mass is 286 g/mol. The molecule has 1 aromatic carbocycles. The first-order chi connectivity index (χ1) is 10.1. The molecule has 3 rings (SSSR count). The maximum absolute atomic E-state index is 12.8. The molecule has 2 amide bonds. The van der Waals surface area contributed by atoms with E-state index in [1.54, 1.807) is 0 Å². The third-order valence-corrected chi connectivity index (χ3v) is 4.93. The number of piperidine rings is 1. The molecule has 0 N–H and O–H groups in total. The number of carbonyl (C=O) groups excluding carboxylic acids is 2. The molecular formula is C17H22N2O2. The van der Waals surface area contributed by atoms with Crippen LogP contribution in [0.15, 0.2) is 30.3 Å². The van der Waals surface area contributed by atoms with E-state index < -0.39 is 5.41 Å². The molecule has 0 saturated carbocycles. The highest BCUT2D eigenvalue weighted by molar-refractivity contribution is 6.05. The zero-order valence-corrected chi connectivity index (χ0v) is 12.5. The van der Waals surface area contributed by atoms with Gasteiger partial charge in [-0.3, -0.25) is 14.5 Å². The van der Waals surface area contributed by atoms with E-state index in [9.17, 15) is 9.59 Å². The second kappa shape index (κ2) is 5.60. The molecule has 1 aromatic rings. The molecule has 4 nitrogen and oxygen atoms in total. The lowest BCUT2D eigenvalue weighted by Gasteiger charge is -2.36. The van der Waals surface area contributed by atoms with Crippen molar-refractivity contribution in [3.8, 4) is 0 Å². The van der Waals surface area contributed by atoms with Gasteiger partial charge in [-0.1, -0.05) is 37.3 Å². The predicted molar refractivity (Wildman–Crippen MR) is 80.4 cm³/mol. The first kappa shape index (κ1) is 14.3. The van der Waals surface area contributed by atoms with Crippen molar-refractivity contribution in [2.75, 3.05) is 19.6 Å². The van der Waals surface area contributed by atoms with Gasteiger partial charge >= 0.3 is 0 Å². The van der Waals surface area contributed by atoms with Crippen LogP contribution in [0.2, 0.25) is 0 Å². The Morgan fingerprint density at radius 2 is 1.76 bits per heavy atom. The summed E-state index contributed by atoms with van der Waals surface area (Å²) in [6, 6.07) is 9.75. The minimum absolute atomic E-state index is 0.00574. The van der Waals surface area contributed by atoms with Gasteiger partial charge in [-0.15, -0.1) is 0 Å². The molecule has 2 saturated heterocycles. The van der Waals surface area contributed by atoms with Gasteiger partial charge in [0.1, 0.15) is 0 Å². The lowest BCUT2D eigenvalue weighted by Crippen LogP contribution is -2.44. The van der Waals surface area contributed by atoms with Gasteiger partial charge in [-0.2, -0.15) is 0 Å². The van der Waals surface area contributed by atoms with E-state index in [-0.39, 0.29) is 11.8 Å². The van der Waals surface area contributed by atoms with Gasteiger partial charge in [0, 0.05) is 6.42 Å². The second-order valence-electron chi connectivity index (χ2n) is 6.16. The van der Waals surface area contributed by atoms with Crippen LogP contribution >= 0.6 is 0 Å². The average Bonchev–Trinajstić information content (AvgIpc) is 2.74. The van der Waals surface area contributed by atoms with Crippen LogP contribution in [0.1, 0.15) is 31.7 Å². The summed E-state index contributed by atoms with van der Waals surface area (Å²) in [6.07, 6.45) is 2.03. The molecule has 21 heavy (non-hydrogen) atoms. The lowest BCUT2D eigenvalue weighted by atomic mass is 9.77. The Labute approximate surface area is 125 Å². The van der Waals surface area contributed by atoms with E-state index in [0.717, 1.165) is 38.0 Å². The number of imide groups is 1. The summed E-state index contributed by atoms with van der Waals surface area (Å²) < 4.78 is 0. The van der Waals surface area contributed by atoms with Crippen LogP contribution in [-0.4, -0.2) is 41.2 Å². The molecule has 2 heterocycles. The largest absolute Gasteiger partial charge is 0.304 e. The molecule has 1 spiro atoms. The van der Waals surface area contributed by atoms with Gasteiger partial charge in [0.05, 0.1) is 12.0 Å². The topological polar surface area (TPSA) is 40.6 Å². The number of hydrogen-bond donors (Lipinski definition) is 0. The van der Waals surface area contributed by atoms with E-state index in [1.807, 2.05) is 30.3 Å². The third-order valence-electron chi connectivity index (χ3n) is 4.93. The summed E-state index contributed by atoms with van der Waals surface area (Å²) >= 11 is 0. The fourth-order valence-corrected chi connectivity index (χ4v) is 3.47. The van der Waals surface area contributed by atoms with Crippen LogP contribution in [0.4, 0.5) is 0 Å². The minimum atomic E-state index is -0.419. The summed E-state index contributed by atoms with van der Waals surface area (Å²) in [5, 5.41) is 0. The zero-order chi connectivity index (χ0) is 14.9. The van der Waals surface area contributed by atoms with Gasteiger partial charge < -0.3 is 4.90 Å². The fourth-order valence-electron chi connectivity index (χ4n) is 3.47. The Morgan fingerprint density at radius 3 is 2.38 bits per heavy atom. The van der Waals surface area contributed by atoms with E-state index in [0.29, 0.717) is 13.0 Å². The standard InChI is InChI=1S/C17H22N2O2/c1-2-18-10-8-17(9-11-18)12-15(20)19(16(17)21)13-14-6-4-3-5-7-14/h3-7H,2,8-13H2,1H3. The van der Waals surface area contributed by atoms with Crippen LogP contribution < -0.4 is 0 Å². The highest BCUT2D eigenvalue weighted by atomic mass is 16.2. The summed E-state index contributed by atoms with van der Waals surface area (Å²) in [5.74, 6) is 0.0425. The first-order valence-electron chi connectivity index (χ1n) is 7.76. The lowest BCUT2D eigenvalue weighted by molar-refractivity contribution is -0.143. The van der Waals surface area contributed by atoms with Crippen molar-refractivity contribution < 1.29 is 9.59 Å². The van der Waals surface area contributed by atoms with Gasteiger partial charge in [-0.05, 0) is 38.0 Å². The molecule has 2 aliphatic heterocycles. The molecule has 4 heteroatoms. The van der Waals surface area contributed by atoms with Crippen molar-refractivity contribution in [3.05, 3.63) is 35.9 Å². The van der Waals surface area contributed by atoms with E-state index in [4.69, 9.17) is 0 Å². The third kappa shape index (κ3) is 2.60. The van der Waals surface area contributed by atoms with Crippen molar-refractivity contribution in [1.82, 2.24) is 9.80 Å². The van der Waals surface area contributed by atoms with Crippen molar-refractivity contribution in [2.24, 2.45) is 5.41 Å². The van der Waals surface area contributed by atoms with Gasteiger partial charge in [-0.25, -0.2) is 0 Å². The molecule has 2 fully saturated rings. The van der Waals surface area contributed by atoms with Gasteiger partial charge in [0.2, 0.25) is 11.8 Å². The molecule has 0 aliphatic carbocycles. The Balaban J connectivity index is 1.74. The fraction of sp³-hybridized carbons (Fsp3) is 0.529. The second-order valence-corrected chi connectivity index (χ2v) is 6.16. The summed E-state index contributed by atoms with van der Waals surface area (Å²) in [4.78, 5) is 28.9. The first-order valence-corrected chi connectivity index (χ1v) is 7.76. The number of carbonyl (C=O) groups is 2. The molecule has 0 unspecified atom stereocenters. The van der Waals surface area contributed by atoms with Crippen molar-refractivity contribution in [2.45, 2.75) is 32.7 Å². The van der Waals surface area contributed by atoms with Crippen LogP contribution in [0.3, 0.4) is 0 Å². The molecule has 112 valence electrons. The Morgan fingerprint density at radius 1 is 1.10 bits per heavy atom. The summed E-state index contributed by atoms with van der Waals surface area (Å²) in [7, 11) is 0. The Kier molecular flexibility index (Phi) is 3.81. The summed E-state index contributed by atoms with van der Waals surface area (Å²) in [6.45, 7) is 5.43. The van der Waals surface area contributed by atoms with Crippen LogP contribution in [0.25, 0.3) is 0 Å². The number of hydrogen-bond acceptors (Lipinski definition) is 3. The molecule has 0 atom stereocenters. The Bertz CT molecular complexity index is 533. The van der Waals surface area contributed by atoms with Crippen molar-refractivity contribution >= 4 is 11.8 Å². The van der Waals surface area contributed by atoms with Crippen molar-refractivity contribution in [3.63, 3.8) is 0 Å². The smallest absolute Gasteiger partial charge is 0.236 e. The SMILES string of the molecule is CCN1CCC2(CC1)CC(=O)N(Cc1ccccc1)C2=O. The normalized spacial score (nSPS) is 22.2. The minimum Gasteiger partial charge on any atom is -0.304 e.